The van der Waals surface area contributed by atoms with Crippen molar-refractivity contribution in [3.05, 3.63) is 78.0 Å². The fourth-order valence-corrected chi connectivity index (χ4v) is 4.48. The Morgan fingerprint density at radius 2 is 1.93 bits per heavy atom. The van der Waals surface area contributed by atoms with Crippen molar-refractivity contribution >= 4 is 16.1 Å². The molecule has 3 aromatic rings. The van der Waals surface area contributed by atoms with Crippen LogP contribution in [-0.2, 0) is 16.6 Å². The molecule has 0 radical (unpaired) electrons. The first kappa shape index (κ1) is 21.9. The van der Waals surface area contributed by atoms with Crippen molar-refractivity contribution < 1.29 is 12.8 Å². The smallest absolute Gasteiger partial charge is 0.269 e. The van der Waals surface area contributed by atoms with Gasteiger partial charge in [0.25, 0.3) is 10.0 Å². The van der Waals surface area contributed by atoms with Gasteiger partial charge in [0.05, 0.1) is 5.69 Å². The second kappa shape index (κ2) is 9.80. The van der Waals surface area contributed by atoms with Gasteiger partial charge in [0, 0.05) is 30.7 Å². The van der Waals surface area contributed by atoms with E-state index in [4.69, 9.17) is 0 Å². The van der Waals surface area contributed by atoms with Crippen LogP contribution in [0.2, 0.25) is 0 Å². The summed E-state index contributed by atoms with van der Waals surface area (Å²) in [5, 5.41) is 6.04. The van der Waals surface area contributed by atoms with E-state index in [9.17, 15) is 12.8 Å². The summed E-state index contributed by atoms with van der Waals surface area (Å²) < 4.78 is 42.4. The number of aromatic nitrogens is 2. The SMILES string of the molecule is CNCC/C=C/c1cncc(S(=O)(=O)n2cc(CNC)cc2-c2ccccc2F)c1. The van der Waals surface area contributed by atoms with E-state index in [-0.39, 0.29) is 16.2 Å². The summed E-state index contributed by atoms with van der Waals surface area (Å²) in [7, 11) is -0.340. The summed E-state index contributed by atoms with van der Waals surface area (Å²) >= 11 is 0. The number of halogens is 1. The number of pyridine rings is 1. The zero-order chi connectivity index (χ0) is 21.6. The first-order valence-corrected chi connectivity index (χ1v) is 11.0. The molecule has 0 amide bonds. The van der Waals surface area contributed by atoms with Gasteiger partial charge in [-0.2, -0.15) is 0 Å². The van der Waals surface area contributed by atoms with Crippen LogP contribution in [0.15, 0.2) is 66.0 Å². The van der Waals surface area contributed by atoms with Crippen molar-refractivity contribution in [2.45, 2.75) is 17.9 Å². The lowest BCUT2D eigenvalue weighted by molar-refractivity contribution is 0.587. The van der Waals surface area contributed by atoms with E-state index in [2.05, 4.69) is 15.6 Å². The zero-order valence-corrected chi connectivity index (χ0v) is 17.8. The highest BCUT2D eigenvalue weighted by Crippen LogP contribution is 2.29. The van der Waals surface area contributed by atoms with Crippen LogP contribution >= 0.6 is 0 Å². The summed E-state index contributed by atoms with van der Waals surface area (Å²) in [4.78, 5) is 4.14. The molecule has 0 saturated heterocycles. The largest absolute Gasteiger partial charge is 0.319 e. The minimum absolute atomic E-state index is 0.0439. The van der Waals surface area contributed by atoms with Crippen molar-refractivity contribution in [2.75, 3.05) is 20.6 Å². The zero-order valence-electron chi connectivity index (χ0n) is 17.0. The molecule has 2 heterocycles. The lowest BCUT2D eigenvalue weighted by Gasteiger charge is -2.11. The predicted octanol–water partition coefficient (Wildman–Crippen LogP) is 3.27. The minimum Gasteiger partial charge on any atom is -0.319 e. The Morgan fingerprint density at radius 3 is 2.67 bits per heavy atom. The quantitative estimate of drug-likeness (QED) is 0.512. The molecule has 2 N–H and O–H groups in total. The summed E-state index contributed by atoms with van der Waals surface area (Å²) in [5.41, 5.74) is 1.91. The Bertz CT molecular complexity index is 1140. The van der Waals surface area contributed by atoms with Gasteiger partial charge in [-0.3, -0.25) is 4.98 Å². The predicted molar refractivity (Wildman–Crippen MR) is 117 cm³/mol. The second-order valence-corrected chi connectivity index (χ2v) is 8.61. The van der Waals surface area contributed by atoms with Crippen LogP contribution in [0, 0.1) is 5.82 Å². The highest BCUT2D eigenvalue weighted by molar-refractivity contribution is 7.90. The minimum atomic E-state index is -3.98. The molecule has 3 rings (SSSR count). The first-order chi connectivity index (χ1) is 14.5. The standard InChI is InChI=1S/C22H25FN4O2S/c1-24-10-6-5-7-17-11-19(15-26-14-17)30(28,29)27-16-18(13-25-2)12-22(27)20-8-3-4-9-21(20)23/h3-5,7-9,11-12,14-16,24-25H,6,10,13H2,1-2H3/b7-5+. The van der Waals surface area contributed by atoms with Gasteiger partial charge in [0.1, 0.15) is 10.7 Å². The molecule has 2 aromatic heterocycles. The van der Waals surface area contributed by atoms with E-state index in [1.54, 1.807) is 43.6 Å². The van der Waals surface area contributed by atoms with Gasteiger partial charge in [0.15, 0.2) is 0 Å². The van der Waals surface area contributed by atoms with Crippen LogP contribution in [0.1, 0.15) is 17.5 Å². The Balaban J connectivity index is 2.06. The summed E-state index contributed by atoms with van der Waals surface area (Å²) in [6, 6.07) is 9.39. The fourth-order valence-electron chi connectivity index (χ4n) is 3.09. The van der Waals surface area contributed by atoms with E-state index in [0.29, 0.717) is 12.1 Å². The highest BCUT2D eigenvalue weighted by Gasteiger charge is 2.23. The molecule has 0 spiro atoms. The van der Waals surface area contributed by atoms with Crippen molar-refractivity contribution in [3.63, 3.8) is 0 Å². The Labute approximate surface area is 176 Å². The summed E-state index contributed by atoms with van der Waals surface area (Å²) in [6.07, 6.45) is 9.04. The van der Waals surface area contributed by atoms with Crippen LogP contribution in [0.3, 0.4) is 0 Å². The topological polar surface area (TPSA) is 76.0 Å². The summed E-state index contributed by atoms with van der Waals surface area (Å²) in [5.74, 6) is -0.484. The number of nitrogens with zero attached hydrogens (tertiary/aromatic N) is 2. The van der Waals surface area contributed by atoms with Crippen LogP contribution in [0.25, 0.3) is 17.3 Å². The van der Waals surface area contributed by atoms with E-state index in [1.807, 2.05) is 19.2 Å². The van der Waals surface area contributed by atoms with Crippen LogP contribution in [0.5, 0.6) is 0 Å². The van der Waals surface area contributed by atoms with Gasteiger partial charge in [-0.05, 0) is 62.5 Å². The van der Waals surface area contributed by atoms with Gasteiger partial charge in [-0.1, -0.05) is 24.3 Å². The van der Waals surface area contributed by atoms with E-state index < -0.39 is 15.8 Å². The molecular formula is C22H25FN4O2S. The molecule has 8 heteroatoms. The van der Waals surface area contributed by atoms with Gasteiger partial charge < -0.3 is 10.6 Å². The molecule has 6 nitrogen and oxygen atoms in total. The van der Waals surface area contributed by atoms with Gasteiger partial charge >= 0.3 is 0 Å². The van der Waals surface area contributed by atoms with Gasteiger partial charge in [-0.25, -0.2) is 16.8 Å². The molecule has 30 heavy (non-hydrogen) atoms. The number of rotatable bonds is 9. The van der Waals surface area contributed by atoms with Crippen molar-refractivity contribution in [3.8, 4) is 11.3 Å². The number of hydrogen-bond acceptors (Lipinski definition) is 5. The number of benzene rings is 1. The normalized spacial score (nSPS) is 12.0. The third-order valence-corrected chi connectivity index (χ3v) is 6.17. The number of hydrogen-bond donors (Lipinski definition) is 2. The molecule has 0 aliphatic heterocycles. The maximum absolute atomic E-state index is 14.5. The third kappa shape index (κ3) is 4.84. The van der Waals surface area contributed by atoms with Crippen LogP contribution in [-0.4, -0.2) is 38.0 Å². The van der Waals surface area contributed by atoms with Gasteiger partial charge in [-0.15, -0.1) is 0 Å². The van der Waals surface area contributed by atoms with Crippen LogP contribution < -0.4 is 10.6 Å². The maximum Gasteiger partial charge on any atom is 0.269 e. The van der Waals surface area contributed by atoms with Gasteiger partial charge in [0.2, 0.25) is 0 Å². The average molecular weight is 429 g/mol. The third-order valence-electron chi connectivity index (χ3n) is 4.54. The molecule has 0 atom stereocenters. The molecule has 0 aliphatic carbocycles. The van der Waals surface area contributed by atoms with E-state index >= 15 is 0 Å². The van der Waals surface area contributed by atoms with E-state index in [1.165, 1.54) is 18.5 Å². The molecular weight excluding hydrogens is 403 g/mol. The molecule has 0 saturated carbocycles. The Morgan fingerprint density at radius 1 is 1.13 bits per heavy atom. The van der Waals surface area contributed by atoms with E-state index in [0.717, 1.165) is 22.5 Å². The first-order valence-electron chi connectivity index (χ1n) is 9.60. The fraction of sp³-hybridized carbons (Fsp3) is 0.227. The number of nitrogens with one attached hydrogen (secondary N) is 2. The molecule has 0 fully saturated rings. The van der Waals surface area contributed by atoms with Crippen molar-refractivity contribution in [1.82, 2.24) is 19.6 Å². The molecule has 158 valence electrons. The van der Waals surface area contributed by atoms with Crippen LogP contribution in [0.4, 0.5) is 4.39 Å². The molecule has 0 unspecified atom stereocenters. The second-order valence-electron chi connectivity index (χ2n) is 6.79. The lowest BCUT2D eigenvalue weighted by Crippen LogP contribution is -2.14. The molecule has 0 aliphatic rings. The maximum atomic E-state index is 14.5. The van der Waals surface area contributed by atoms with Crippen molar-refractivity contribution in [2.24, 2.45) is 0 Å². The molecule has 1 aromatic carbocycles. The summed E-state index contributed by atoms with van der Waals surface area (Å²) in [6.45, 7) is 1.28. The Hall–Kier alpha value is -2.81. The Kier molecular flexibility index (Phi) is 7.15. The van der Waals surface area contributed by atoms with Crippen molar-refractivity contribution in [1.29, 1.82) is 0 Å². The lowest BCUT2D eigenvalue weighted by atomic mass is 10.1. The highest BCUT2D eigenvalue weighted by atomic mass is 32.2. The molecule has 0 bridgehead atoms. The average Bonchev–Trinajstić information content (AvgIpc) is 3.17. The monoisotopic (exact) mass is 428 g/mol.